The normalized spacial score (nSPS) is 12.5. The number of hydrogen-bond donors (Lipinski definition) is 3. The number of amides is 2. The number of fused-ring (bicyclic) bond motifs is 1. The van der Waals surface area contributed by atoms with Gasteiger partial charge in [0.15, 0.2) is 5.13 Å². The maximum Gasteiger partial charge on any atom is 0.262 e. The van der Waals surface area contributed by atoms with E-state index in [1.54, 1.807) is 26.0 Å². The summed E-state index contributed by atoms with van der Waals surface area (Å²) in [6.45, 7) is 5.00. The number of nitrogens with zero attached hydrogens (tertiary/aromatic N) is 2. The van der Waals surface area contributed by atoms with Crippen molar-refractivity contribution in [2.24, 2.45) is 5.10 Å². The third-order valence-electron chi connectivity index (χ3n) is 3.96. The number of thiazole rings is 1. The summed E-state index contributed by atoms with van der Waals surface area (Å²) in [7, 11) is 0. The summed E-state index contributed by atoms with van der Waals surface area (Å²) in [5, 5.41) is 10.7. The van der Waals surface area contributed by atoms with E-state index < -0.39 is 6.04 Å². The number of benzene rings is 2. The van der Waals surface area contributed by atoms with Crippen LogP contribution in [0.5, 0.6) is 0 Å². The van der Waals surface area contributed by atoms with Gasteiger partial charge in [-0.05, 0) is 43.7 Å². The highest BCUT2D eigenvalue weighted by Gasteiger charge is 2.14. The van der Waals surface area contributed by atoms with Crippen LogP contribution in [0.15, 0.2) is 53.6 Å². The number of anilines is 2. The van der Waals surface area contributed by atoms with Crippen molar-refractivity contribution in [2.45, 2.75) is 26.8 Å². The summed E-state index contributed by atoms with van der Waals surface area (Å²) in [6.07, 6.45) is 0. The van der Waals surface area contributed by atoms with Crippen molar-refractivity contribution in [1.82, 2.24) is 10.4 Å². The van der Waals surface area contributed by atoms with E-state index in [0.29, 0.717) is 16.5 Å². The molecular weight excluding hydrogens is 374 g/mol. The van der Waals surface area contributed by atoms with E-state index >= 15 is 0 Å². The first-order chi connectivity index (χ1) is 13.4. The Morgan fingerprint density at radius 2 is 1.89 bits per heavy atom. The molecule has 0 aliphatic carbocycles. The first-order valence-corrected chi connectivity index (χ1v) is 9.58. The Kier molecular flexibility index (Phi) is 6.00. The van der Waals surface area contributed by atoms with Crippen molar-refractivity contribution >= 4 is 49.9 Å². The van der Waals surface area contributed by atoms with E-state index in [-0.39, 0.29) is 11.8 Å². The van der Waals surface area contributed by atoms with Crippen LogP contribution in [0.4, 0.5) is 10.8 Å². The van der Waals surface area contributed by atoms with Gasteiger partial charge in [0, 0.05) is 12.6 Å². The number of carbonyl (C=O) groups is 2. The molecule has 3 N–H and O–H groups in total. The van der Waals surface area contributed by atoms with Gasteiger partial charge < -0.3 is 10.6 Å². The summed E-state index contributed by atoms with van der Waals surface area (Å²) in [6, 6.07) is 14.6. The van der Waals surface area contributed by atoms with Crippen LogP contribution in [0.1, 0.15) is 26.3 Å². The molecular formula is C20H21N5O2S. The molecule has 7 nitrogen and oxygen atoms in total. The Balaban J connectivity index is 1.62. The Labute approximate surface area is 166 Å². The fraction of sp³-hybridized carbons (Fsp3) is 0.200. The van der Waals surface area contributed by atoms with Crippen molar-refractivity contribution in [2.75, 3.05) is 10.6 Å². The van der Waals surface area contributed by atoms with Crippen LogP contribution in [0.3, 0.4) is 0 Å². The molecule has 0 saturated carbocycles. The predicted octanol–water partition coefficient (Wildman–Crippen LogP) is 3.60. The molecule has 0 fully saturated rings. The van der Waals surface area contributed by atoms with Gasteiger partial charge in [0.1, 0.15) is 6.04 Å². The molecule has 3 rings (SSSR count). The van der Waals surface area contributed by atoms with Crippen molar-refractivity contribution < 1.29 is 9.59 Å². The largest absolute Gasteiger partial charge is 0.350 e. The van der Waals surface area contributed by atoms with Crippen LogP contribution in [-0.4, -0.2) is 28.6 Å². The van der Waals surface area contributed by atoms with Crippen LogP contribution >= 0.6 is 11.3 Å². The number of para-hydroxylation sites is 1. The zero-order chi connectivity index (χ0) is 20.1. The van der Waals surface area contributed by atoms with Gasteiger partial charge in [-0.25, -0.2) is 10.4 Å². The summed E-state index contributed by atoms with van der Waals surface area (Å²) < 4.78 is 1.06. The van der Waals surface area contributed by atoms with Crippen LogP contribution in [-0.2, 0) is 9.59 Å². The Morgan fingerprint density at radius 1 is 1.11 bits per heavy atom. The lowest BCUT2D eigenvalue weighted by Gasteiger charge is -2.11. The average Bonchev–Trinajstić information content (AvgIpc) is 3.07. The summed E-state index contributed by atoms with van der Waals surface area (Å²) >= 11 is 1.50. The third-order valence-corrected chi connectivity index (χ3v) is 4.93. The fourth-order valence-corrected chi connectivity index (χ4v) is 3.46. The van der Waals surface area contributed by atoms with Gasteiger partial charge in [-0.1, -0.05) is 35.6 Å². The summed E-state index contributed by atoms with van der Waals surface area (Å²) in [4.78, 5) is 28.0. The molecule has 3 aromatic rings. The first kappa shape index (κ1) is 19.5. The molecule has 2 aromatic carbocycles. The molecule has 0 aliphatic rings. The van der Waals surface area contributed by atoms with Gasteiger partial charge in [-0.2, -0.15) is 5.10 Å². The number of rotatable bonds is 6. The lowest BCUT2D eigenvalue weighted by atomic mass is 10.1. The minimum Gasteiger partial charge on any atom is -0.350 e. The molecule has 0 radical (unpaired) electrons. The number of carbonyl (C=O) groups excluding carboxylic acids is 2. The summed E-state index contributed by atoms with van der Waals surface area (Å²) in [5.74, 6) is -0.411. The zero-order valence-corrected chi connectivity index (χ0v) is 16.6. The summed E-state index contributed by atoms with van der Waals surface area (Å²) in [5.41, 5.74) is 5.58. The highest BCUT2D eigenvalue weighted by Crippen LogP contribution is 2.25. The van der Waals surface area contributed by atoms with E-state index in [9.17, 15) is 9.59 Å². The number of hydrogen-bond acceptors (Lipinski definition) is 6. The second-order valence-corrected chi connectivity index (χ2v) is 7.32. The minimum atomic E-state index is -0.497. The molecule has 0 saturated heterocycles. The van der Waals surface area contributed by atoms with E-state index in [1.807, 2.05) is 36.4 Å². The number of aromatic nitrogens is 1. The highest BCUT2D eigenvalue weighted by atomic mass is 32.1. The Bertz CT molecular complexity index is 1010. The van der Waals surface area contributed by atoms with Crippen molar-refractivity contribution in [1.29, 1.82) is 0 Å². The molecule has 1 aromatic heterocycles. The molecule has 8 heteroatoms. The minimum absolute atomic E-state index is 0.144. The topological polar surface area (TPSA) is 95.5 Å². The average molecular weight is 395 g/mol. The van der Waals surface area contributed by atoms with E-state index in [0.717, 1.165) is 15.8 Å². The van der Waals surface area contributed by atoms with Crippen LogP contribution in [0, 0.1) is 0 Å². The maximum absolute atomic E-state index is 12.3. The van der Waals surface area contributed by atoms with Gasteiger partial charge in [-0.3, -0.25) is 9.59 Å². The van der Waals surface area contributed by atoms with Crippen LogP contribution in [0.25, 0.3) is 10.2 Å². The highest BCUT2D eigenvalue weighted by molar-refractivity contribution is 7.22. The monoisotopic (exact) mass is 395 g/mol. The molecule has 2 amide bonds. The van der Waals surface area contributed by atoms with Crippen molar-refractivity contribution in [3.05, 3.63) is 54.1 Å². The zero-order valence-electron chi connectivity index (χ0n) is 15.8. The molecule has 0 bridgehead atoms. The van der Waals surface area contributed by atoms with E-state index in [4.69, 9.17) is 0 Å². The second kappa shape index (κ2) is 8.62. The van der Waals surface area contributed by atoms with Crippen LogP contribution < -0.4 is 16.1 Å². The third kappa shape index (κ3) is 4.92. The Hall–Kier alpha value is -3.26. The molecule has 28 heavy (non-hydrogen) atoms. The number of hydrazone groups is 1. The van der Waals surface area contributed by atoms with E-state index in [2.05, 4.69) is 26.1 Å². The van der Waals surface area contributed by atoms with Crippen LogP contribution in [0.2, 0.25) is 0 Å². The maximum atomic E-state index is 12.3. The Morgan fingerprint density at radius 3 is 2.64 bits per heavy atom. The molecule has 144 valence electrons. The van der Waals surface area contributed by atoms with Gasteiger partial charge >= 0.3 is 0 Å². The van der Waals surface area contributed by atoms with Gasteiger partial charge in [0.25, 0.3) is 5.91 Å². The molecule has 1 heterocycles. The standard InChI is InChI=1S/C20H21N5O2S/c1-12(15-7-6-8-16(11-15)22-14(3)26)24-25-19(27)13(2)21-20-23-17-9-4-5-10-18(17)28-20/h4-11,13H,1-3H3,(H,21,23)(H,22,26)(H,25,27)/b24-12-/t13-/m1/s1. The van der Waals surface area contributed by atoms with E-state index in [1.165, 1.54) is 18.3 Å². The predicted molar refractivity (Wildman–Crippen MR) is 114 cm³/mol. The molecule has 0 spiro atoms. The first-order valence-electron chi connectivity index (χ1n) is 8.76. The second-order valence-electron chi connectivity index (χ2n) is 6.29. The lowest BCUT2D eigenvalue weighted by molar-refractivity contribution is -0.121. The molecule has 1 atom stereocenters. The van der Waals surface area contributed by atoms with Crippen molar-refractivity contribution in [3.8, 4) is 0 Å². The lowest BCUT2D eigenvalue weighted by Crippen LogP contribution is -2.35. The SMILES string of the molecule is CC(=O)Nc1cccc(/C(C)=N\NC(=O)[C@@H](C)Nc2nc3ccccc3s2)c1. The van der Waals surface area contributed by atoms with Gasteiger partial charge in [-0.15, -0.1) is 0 Å². The molecule has 0 unspecified atom stereocenters. The van der Waals surface area contributed by atoms with Gasteiger partial charge in [0.05, 0.1) is 15.9 Å². The number of nitrogens with one attached hydrogen (secondary N) is 3. The smallest absolute Gasteiger partial charge is 0.262 e. The fourth-order valence-electron chi connectivity index (χ4n) is 2.51. The quantitative estimate of drug-likeness (QED) is 0.439. The van der Waals surface area contributed by atoms with Crippen molar-refractivity contribution in [3.63, 3.8) is 0 Å². The van der Waals surface area contributed by atoms with Gasteiger partial charge in [0.2, 0.25) is 5.91 Å². The molecule has 0 aliphatic heterocycles.